The number of H-pyrrole nitrogens is 1. The number of rotatable bonds is 1. The summed E-state index contributed by atoms with van der Waals surface area (Å²) in [5, 5.41) is -0.256. The lowest BCUT2D eigenvalue weighted by atomic mass is 10.5. The van der Waals surface area contributed by atoms with Gasteiger partial charge in [-0.2, -0.15) is 4.98 Å². The highest BCUT2D eigenvalue weighted by molar-refractivity contribution is 7.79. The van der Waals surface area contributed by atoms with Crippen molar-refractivity contribution in [3.8, 4) is 0 Å². The molecule has 0 saturated carbocycles. The van der Waals surface area contributed by atoms with Gasteiger partial charge in [-0.1, -0.05) is 0 Å². The van der Waals surface area contributed by atoms with Crippen molar-refractivity contribution in [1.29, 1.82) is 0 Å². The van der Waals surface area contributed by atoms with Crippen molar-refractivity contribution in [2.75, 3.05) is 0 Å². The van der Waals surface area contributed by atoms with Crippen LogP contribution in [0.3, 0.4) is 0 Å². The summed E-state index contributed by atoms with van der Waals surface area (Å²) in [6, 6.07) is 0. The number of aromatic nitrogens is 4. The van der Waals surface area contributed by atoms with Crippen molar-refractivity contribution < 1.29 is 8.76 Å². The highest BCUT2D eigenvalue weighted by Crippen LogP contribution is 2.06. The van der Waals surface area contributed by atoms with Gasteiger partial charge in [0.1, 0.15) is 0 Å². The maximum absolute atomic E-state index is 11.6. The minimum atomic E-state index is -2.32. The highest BCUT2D eigenvalue weighted by atomic mass is 32.2. The Morgan fingerprint density at radius 2 is 1.94 bits per heavy atom. The van der Waals surface area contributed by atoms with Gasteiger partial charge in [-0.15, -0.1) is 0 Å². The number of imidazole rings is 1. The van der Waals surface area contributed by atoms with E-state index in [-0.39, 0.29) is 16.3 Å². The second kappa shape index (κ2) is 3.39. The molecule has 0 radical (unpaired) electrons. The summed E-state index contributed by atoms with van der Waals surface area (Å²) in [6.45, 7) is 0. The van der Waals surface area contributed by atoms with E-state index in [0.29, 0.717) is 0 Å². The number of aryl methyl sites for hydroxylation is 1. The molecule has 2 heterocycles. The fourth-order valence-electron chi connectivity index (χ4n) is 1.39. The molecule has 0 aliphatic carbocycles. The Morgan fingerprint density at radius 1 is 1.31 bits per heavy atom. The summed E-state index contributed by atoms with van der Waals surface area (Å²) in [5.74, 6) is 0. The Balaban J connectivity index is 3.04. The van der Waals surface area contributed by atoms with E-state index in [9.17, 15) is 13.8 Å². The third-order valence-electron chi connectivity index (χ3n) is 2.24. The molecule has 2 rings (SSSR count). The van der Waals surface area contributed by atoms with Crippen LogP contribution >= 0.6 is 0 Å². The van der Waals surface area contributed by atoms with E-state index in [1.807, 2.05) is 0 Å². The molecule has 1 atom stereocenters. The summed E-state index contributed by atoms with van der Waals surface area (Å²) in [7, 11) is 2.75. The Bertz CT molecular complexity index is 709. The average molecular weight is 244 g/mol. The molecule has 86 valence electrons. The lowest BCUT2D eigenvalue weighted by Crippen LogP contribution is -2.36. The molecule has 0 aliphatic heterocycles. The van der Waals surface area contributed by atoms with Crippen molar-refractivity contribution in [2.45, 2.75) is 5.16 Å². The molecule has 16 heavy (non-hydrogen) atoms. The maximum Gasteiger partial charge on any atom is 0.332 e. The van der Waals surface area contributed by atoms with Crippen molar-refractivity contribution in [3.63, 3.8) is 0 Å². The number of aromatic amines is 1. The maximum atomic E-state index is 11.6. The van der Waals surface area contributed by atoms with Crippen LogP contribution in [0.25, 0.3) is 11.2 Å². The zero-order valence-electron chi connectivity index (χ0n) is 8.42. The zero-order chi connectivity index (χ0) is 12.0. The lowest BCUT2D eigenvalue weighted by molar-refractivity contribution is 0.557. The molecule has 2 N–H and O–H groups in total. The normalized spacial score (nSPS) is 13.2. The van der Waals surface area contributed by atoms with Gasteiger partial charge in [0, 0.05) is 14.1 Å². The van der Waals surface area contributed by atoms with Gasteiger partial charge in [0.2, 0.25) is 16.2 Å². The van der Waals surface area contributed by atoms with Crippen molar-refractivity contribution in [3.05, 3.63) is 20.8 Å². The van der Waals surface area contributed by atoms with Gasteiger partial charge in [0.15, 0.2) is 11.2 Å². The number of hydrogen-bond donors (Lipinski definition) is 2. The van der Waals surface area contributed by atoms with Crippen LogP contribution in [-0.4, -0.2) is 27.9 Å². The molecule has 0 bridgehead atoms. The summed E-state index contributed by atoms with van der Waals surface area (Å²) in [6.07, 6.45) is 0. The van der Waals surface area contributed by atoms with Crippen molar-refractivity contribution in [1.82, 2.24) is 19.1 Å². The van der Waals surface area contributed by atoms with E-state index in [1.54, 1.807) is 0 Å². The van der Waals surface area contributed by atoms with Gasteiger partial charge in [-0.3, -0.25) is 18.5 Å². The fraction of sp³-hybridized carbons (Fsp3) is 0.286. The molecular weight excluding hydrogens is 236 g/mol. The molecule has 0 fully saturated rings. The third-order valence-corrected chi connectivity index (χ3v) is 2.76. The second-order valence-electron chi connectivity index (χ2n) is 3.20. The highest BCUT2D eigenvalue weighted by Gasteiger charge is 2.15. The summed E-state index contributed by atoms with van der Waals surface area (Å²) in [5.41, 5.74) is -1.03. The Kier molecular flexibility index (Phi) is 2.28. The van der Waals surface area contributed by atoms with Crippen LogP contribution in [0.1, 0.15) is 0 Å². The van der Waals surface area contributed by atoms with Crippen LogP contribution in [0.15, 0.2) is 14.7 Å². The van der Waals surface area contributed by atoms with E-state index in [0.717, 1.165) is 9.13 Å². The zero-order valence-corrected chi connectivity index (χ0v) is 9.24. The van der Waals surface area contributed by atoms with Gasteiger partial charge in [-0.25, -0.2) is 9.00 Å². The summed E-state index contributed by atoms with van der Waals surface area (Å²) >= 11 is -2.32. The van der Waals surface area contributed by atoms with Gasteiger partial charge in [-0.05, 0) is 0 Å². The second-order valence-corrected chi connectivity index (χ2v) is 4.08. The predicted octanol–water partition coefficient (Wildman–Crippen LogP) is -1.46. The van der Waals surface area contributed by atoms with E-state index < -0.39 is 22.3 Å². The fourth-order valence-corrected chi connectivity index (χ4v) is 1.74. The first-order valence-electron chi connectivity index (χ1n) is 4.20. The first kappa shape index (κ1) is 10.8. The van der Waals surface area contributed by atoms with Crippen molar-refractivity contribution in [2.24, 2.45) is 14.1 Å². The van der Waals surface area contributed by atoms with Gasteiger partial charge < -0.3 is 4.98 Å². The van der Waals surface area contributed by atoms with E-state index in [4.69, 9.17) is 4.55 Å². The molecule has 2 aromatic rings. The van der Waals surface area contributed by atoms with Crippen molar-refractivity contribution >= 4 is 22.2 Å². The topological polar surface area (TPSA) is 110 Å². The SMILES string of the molecule is Cn1c(=O)c2[nH]c(S(=O)O)nc2n(C)c1=O. The van der Waals surface area contributed by atoms with Gasteiger partial charge in [0.25, 0.3) is 5.56 Å². The van der Waals surface area contributed by atoms with E-state index in [1.165, 1.54) is 14.1 Å². The van der Waals surface area contributed by atoms with Gasteiger partial charge in [0.05, 0.1) is 0 Å². The van der Waals surface area contributed by atoms with Crippen LogP contribution in [0.2, 0.25) is 0 Å². The Hall–Kier alpha value is -1.74. The minimum Gasteiger partial charge on any atom is -0.323 e. The molecule has 0 aliphatic rings. The first-order chi connectivity index (χ1) is 7.43. The summed E-state index contributed by atoms with van der Waals surface area (Å²) < 4.78 is 21.6. The number of nitrogens with one attached hydrogen (secondary N) is 1. The molecule has 0 spiro atoms. The quantitative estimate of drug-likeness (QED) is 0.596. The Morgan fingerprint density at radius 3 is 2.50 bits per heavy atom. The molecule has 9 heteroatoms. The number of fused-ring (bicyclic) bond motifs is 1. The van der Waals surface area contributed by atoms with Crippen LogP contribution in [0, 0.1) is 0 Å². The average Bonchev–Trinajstić information content (AvgIpc) is 2.68. The molecule has 0 aromatic carbocycles. The molecule has 0 saturated heterocycles. The monoisotopic (exact) mass is 244 g/mol. The van der Waals surface area contributed by atoms with Crippen LogP contribution in [-0.2, 0) is 25.2 Å². The van der Waals surface area contributed by atoms with Crippen LogP contribution in [0.5, 0.6) is 0 Å². The molecule has 1 unspecified atom stereocenters. The standard InChI is InChI=1S/C7H8N4O4S/c1-10-4-3(5(12)11(2)7(10)13)8-6(9-4)16(14)15/h1-2H3,(H,8,9)(H,14,15). The first-order valence-corrected chi connectivity index (χ1v) is 5.30. The van der Waals surface area contributed by atoms with Crippen LogP contribution in [0.4, 0.5) is 0 Å². The van der Waals surface area contributed by atoms with Gasteiger partial charge >= 0.3 is 5.69 Å². The minimum absolute atomic E-state index is 0.0296. The van der Waals surface area contributed by atoms with Crippen LogP contribution < -0.4 is 11.2 Å². The molecular formula is C7H8N4O4S. The summed E-state index contributed by atoms with van der Waals surface area (Å²) in [4.78, 5) is 29.3. The third kappa shape index (κ3) is 1.32. The smallest absolute Gasteiger partial charge is 0.323 e. The largest absolute Gasteiger partial charge is 0.332 e. The molecule has 2 aromatic heterocycles. The predicted molar refractivity (Wildman–Crippen MR) is 55.6 cm³/mol. The molecule has 0 amide bonds. The number of hydrogen-bond acceptors (Lipinski definition) is 4. The lowest BCUT2D eigenvalue weighted by Gasteiger charge is -2.00. The van der Waals surface area contributed by atoms with E-state index in [2.05, 4.69) is 9.97 Å². The Labute approximate surface area is 90.8 Å². The molecule has 8 nitrogen and oxygen atoms in total. The number of nitrogens with zero attached hydrogens (tertiary/aromatic N) is 3. The van der Waals surface area contributed by atoms with E-state index >= 15 is 0 Å².